The number of nitrogens with one attached hydrogen (secondary N) is 1. The van der Waals surface area contributed by atoms with E-state index in [0.29, 0.717) is 13.1 Å². The molecule has 1 saturated heterocycles. The number of hydrogen-bond acceptors (Lipinski definition) is 3. The minimum absolute atomic E-state index is 0.0101. The number of likely N-dealkylation sites (N-methyl/N-ethyl adjacent to an activating group) is 1. The molecule has 6 nitrogen and oxygen atoms in total. The Morgan fingerprint density at radius 3 is 2.55 bits per heavy atom. The van der Waals surface area contributed by atoms with Gasteiger partial charge in [0.15, 0.2) is 0 Å². The normalized spacial score (nSPS) is 21.4. The summed E-state index contributed by atoms with van der Waals surface area (Å²) in [6.07, 6.45) is 2.83. The maximum absolute atomic E-state index is 12.6. The van der Waals surface area contributed by atoms with Gasteiger partial charge in [0.05, 0.1) is 6.54 Å². The Kier molecular flexibility index (Phi) is 6.42. The Hall–Kier alpha value is -0.660. The smallest absolute Gasteiger partial charge is 0.282 e. The second-order valence-corrected chi connectivity index (χ2v) is 7.49. The molecule has 1 amide bonds. The van der Waals surface area contributed by atoms with Crippen LogP contribution in [0.3, 0.4) is 0 Å². The quantitative estimate of drug-likeness (QED) is 0.794. The van der Waals surface area contributed by atoms with E-state index in [1.807, 2.05) is 20.8 Å². The fraction of sp³-hybridized carbons (Fsp3) is 0.923. The van der Waals surface area contributed by atoms with Gasteiger partial charge in [-0.25, -0.2) is 0 Å². The number of hydrogen-bond donors (Lipinski definition) is 1. The number of piperidine rings is 1. The van der Waals surface area contributed by atoms with Crippen molar-refractivity contribution in [2.75, 3.05) is 19.6 Å². The minimum Gasteiger partial charge on any atom is -0.353 e. The monoisotopic (exact) mass is 305 g/mol. The standard InChI is InChI=1S/C13H27N3O3S/c1-5-15(10-13(17)14-11(2)3)20(18,19)16-9-7-6-8-12(16)4/h11-12H,5-10H2,1-4H3,(H,14,17). The van der Waals surface area contributed by atoms with Gasteiger partial charge in [0.25, 0.3) is 10.2 Å². The molecule has 1 fully saturated rings. The first-order chi connectivity index (χ1) is 9.28. The Bertz CT molecular complexity index is 423. The van der Waals surface area contributed by atoms with Gasteiger partial charge < -0.3 is 5.32 Å². The molecule has 0 bridgehead atoms. The van der Waals surface area contributed by atoms with Crippen molar-refractivity contribution in [1.29, 1.82) is 0 Å². The van der Waals surface area contributed by atoms with Crippen molar-refractivity contribution in [3.8, 4) is 0 Å². The van der Waals surface area contributed by atoms with Gasteiger partial charge in [-0.05, 0) is 33.6 Å². The first-order valence-electron chi connectivity index (χ1n) is 7.35. The Morgan fingerprint density at radius 2 is 2.05 bits per heavy atom. The predicted molar refractivity (Wildman–Crippen MR) is 79.5 cm³/mol. The average Bonchev–Trinajstić information content (AvgIpc) is 2.35. The van der Waals surface area contributed by atoms with E-state index in [4.69, 9.17) is 0 Å². The van der Waals surface area contributed by atoms with Crippen LogP contribution in [0.1, 0.15) is 47.0 Å². The summed E-state index contributed by atoms with van der Waals surface area (Å²) < 4.78 is 28.0. The van der Waals surface area contributed by atoms with Crippen molar-refractivity contribution in [1.82, 2.24) is 13.9 Å². The van der Waals surface area contributed by atoms with Crippen LogP contribution >= 0.6 is 0 Å². The van der Waals surface area contributed by atoms with Crippen molar-refractivity contribution >= 4 is 16.1 Å². The molecule has 1 aliphatic rings. The van der Waals surface area contributed by atoms with E-state index in [9.17, 15) is 13.2 Å². The molecule has 0 aromatic rings. The summed E-state index contributed by atoms with van der Waals surface area (Å²) in [4.78, 5) is 11.8. The van der Waals surface area contributed by atoms with E-state index in [1.54, 1.807) is 6.92 Å². The average molecular weight is 305 g/mol. The summed E-state index contributed by atoms with van der Waals surface area (Å²) in [5.41, 5.74) is 0. The molecule has 7 heteroatoms. The van der Waals surface area contributed by atoms with Crippen LogP contribution in [0.2, 0.25) is 0 Å². The molecular weight excluding hydrogens is 278 g/mol. The molecule has 118 valence electrons. The maximum Gasteiger partial charge on any atom is 0.282 e. The molecule has 0 spiro atoms. The molecule has 0 saturated carbocycles. The molecule has 0 aromatic heterocycles. The molecular formula is C13H27N3O3S. The largest absolute Gasteiger partial charge is 0.353 e. The molecule has 1 rings (SSSR count). The molecule has 1 aliphatic heterocycles. The van der Waals surface area contributed by atoms with E-state index >= 15 is 0 Å². The van der Waals surface area contributed by atoms with E-state index in [-0.39, 0.29) is 24.5 Å². The fourth-order valence-corrected chi connectivity index (χ4v) is 4.27. The maximum atomic E-state index is 12.6. The van der Waals surface area contributed by atoms with Gasteiger partial charge in [0.2, 0.25) is 5.91 Å². The van der Waals surface area contributed by atoms with Gasteiger partial charge in [-0.3, -0.25) is 4.79 Å². The van der Waals surface area contributed by atoms with E-state index in [1.165, 1.54) is 8.61 Å². The van der Waals surface area contributed by atoms with Crippen LogP contribution in [0.4, 0.5) is 0 Å². The van der Waals surface area contributed by atoms with Crippen molar-refractivity contribution < 1.29 is 13.2 Å². The third kappa shape index (κ3) is 4.43. The van der Waals surface area contributed by atoms with Gasteiger partial charge in [-0.15, -0.1) is 0 Å². The lowest BCUT2D eigenvalue weighted by Gasteiger charge is -2.35. The third-order valence-corrected chi connectivity index (χ3v) is 5.66. The lowest BCUT2D eigenvalue weighted by molar-refractivity contribution is -0.121. The van der Waals surface area contributed by atoms with E-state index in [2.05, 4.69) is 5.32 Å². The number of carbonyl (C=O) groups is 1. The van der Waals surface area contributed by atoms with Crippen molar-refractivity contribution in [3.63, 3.8) is 0 Å². The minimum atomic E-state index is -3.55. The fourth-order valence-electron chi connectivity index (χ4n) is 2.45. The number of carbonyl (C=O) groups excluding carboxylic acids is 1. The van der Waals surface area contributed by atoms with Crippen LogP contribution in [-0.2, 0) is 15.0 Å². The molecule has 0 aliphatic carbocycles. The SMILES string of the molecule is CCN(CC(=O)NC(C)C)S(=O)(=O)N1CCCCC1C. The molecule has 1 atom stereocenters. The predicted octanol–water partition coefficient (Wildman–Crippen LogP) is 0.952. The Balaban J connectivity index is 2.78. The zero-order chi connectivity index (χ0) is 15.3. The van der Waals surface area contributed by atoms with Gasteiger partial charge >= 0.3 is 0 Å². The zero-order valence-electron chi connectivity index (χ0n) is 12.9. The van der Waals surface area contributed by atoms with E-state index < -0.39 is 10.2 Å². The van der Waals surface area contributed by atoms with Crippen molar-refractivity contribution in [2.24, 2.45) is 0 Å². The van der Waals surface area contributed by atoms with Crippen LogP contribution in [-0.4, -0.2) is 54.7 Å². The van der Waals surface area contributed by atoms with Crippen LogP contribution < -0.4 is 5.32 Å². The number of rotatable bonds is 6. The third-order valence-electron chi connectivity index (χ3n) is 3.49. The highest BCUT2D eigenvalue weighted by Crippen LogP contribution is 2.22. The van der Waals surface area contributed by atoms with Crippen molar-refractivity contribution in [3.05, 3.63) is 0 Å². The van der Waals surface area contributed by atoms with Crippen LogP contribution in [0.15, 0.2) is 0 Å². The summed E-state index contributed by atoms with van der Waals surface area (Å²) in [5.74, 6) is -0.255. The number of amides is 1. The Morgan fingerprint density at radius 1 is 1.40 bits per heavy atom. The van der Waals surface area contributed by atoms with Gasteiger partial charge in [-0.1, -0.05) is 13.3 Å². The second-order valence-electron chi connectivity index (χ2n) is 5.61. The van der Waals surface area contributed by atoms with Crippen LogP contribution in [0, 0.1) is 0 Å². The van der Waals surface area contributed by atoms with Gasteiger partial charge in [0, 0.05) is 25.2 Å². The molecule has 0 radical (unpaired) electrons. The topological polar surface area (TPSA) is 69.7 Å². The lowest BCUT2D eigenvalue weighted by Crippen LogP contribution is -2.52. The molecule has 1 unspecified atom stereocenters. The second kappa shape index (κ2) is 7.38. The highest BCUT2D eigenvalue weighted by Gasteiger charge is 2.34. The zero-order valence-corrected chi connectivity index (χ0v) is 13.7. The highest BCUT2D eigenvalue weighted by molar-refractivity contribution is 7.86. The Labute approximate surface area is 122 Å². The first kappa shape index (κ1) is 17.4. The van der Waals surface area contributed by atoms with Crippen molar-refractivity contribution in [2.45, 2.75) is 59.0 Å². The summed E-state index contributed by atoms with van der Waals surface area (Å²) in [5, 5.41) is 2.73. The molecule has 1 N–H and O–H groups in total. The summed E-state index contributed by atoms with van der Waals surface area (Å²) in [6, 6.07) is 0.0220. The molecule has 20 heavy (non-hydrogen) atoms. The van der Waals surface area contributed by atoms with Crippen LogP contribution in [0.5, 0.6) is 0 Å². The highest BCUT2D eigenvalue weighted by atomic mass is 32.2. The number of nitrogens with zero attached hydrogens (tertiary/aromatic N) is 2. The summed E-state index contributed by atoms with van der Waals surface area (Å²) >= 11 is 0. The summed E-state index contributed by atoms with van der Waals surface area (Å²) in [7, 11) is -3.55. The summed E-state index contributed by atoms with van der Waals surface area (Å²) in [6.45, 7) is 8.14. The van der Waals surface area contributed by atoms with Crippen LogP contribution in [0.25, 0.3) is 0 Å². The molecule has 0 aromatic carbocycles. The first-order valence-corrected chi connectivity index (χ1v) is 8.75. The van der Waals surface area contributed by atoms with Gasteiger partial charge in [-0.2, -0.15) is 17.0 Å². The lowest BCUT2D eigenvalue weighted by atomic mass is 10.1. The van der Waals surface area contributed by atoms with Gasteiger partial charge in [0.1, 0.15) is 0 Å². The van der Waals surface area contributed by atoms with E-state index in [0.717, 1.165) is 19.3 Å². The molecule has 1 heterocycles.